The Morgan fingerprint density at radius 3 is 2.33 bits per heavy atom. The SMILES string of the molecule is CNNc1nc(S(C)(=O)=O)nc(N)c1N. The lowest BCUT2D eigenvalue weighted by Crippen LogP contribution is -2.20. The molecule has 1 aromatic rings. The summed E-state index contributed by atoms with van der Waals surface area (Å²) in [5, 5.41) is -0.369. The molecule has 1 heterocycles. The van der Waals surface area contributed by atoms with Gasteiger partial charge < -0.3 is 16.9 Å². The third-order valence-electron chi connectivity index (χ3n) is 1.53. The zero-order valence-electron chi connectivity index (χ0n) is 8.27. The van der Waals surface area contributed by atoms with Crippen LogP contribution in [0.2, 0.25) is 0 Å². The number of rotatable bonds is 3. The summed E-state index contributed by atoms with van der Waals surface area (Å²) in [5.74, 6) is 0.0496. The molecule has 1 rings (SSSR count). The molecule has 1 aromatic heterocycles. The van der Waals surface area contributed by atoms with Crippen LogP contribution in [-0.2, 0) is 9.84 Å². The van der Waals surface area contributed by atoms with Gasteiger partial charge in [-0.1, -0.05) is 0 Å². The van der Waals surface area contributed by atoms with Crippen LogP contribution in [0.5, 0.6) is 0 Å². The smallest absolute Gasteiger partial charge is 0.250 e. The molecular weight excluding hydrogens is 220 g/mol. The van der Waals surface area contributed by atoms with E-state index in [0.29, 0.717) is 0 Å². The third-order valence-corrected chi connectivity index (χ3v) is 2.38. The van der Waals surface area contributed by atoms with Crippen LogP contribution in [0, 0.1) is 0 Å². The molecule has 0 saturated heterocycles. The Morgan fingerprint density at radius 2 is 1.87 bits per heavy atom. The summed E-state index contributed by atoms with van der Waals surface area (Å²) in [6, 6.07) is 0. The number of nitrogen functional groups attached to an aromatic ring is 2. The zero-order valence-corrected chi connectivity index (χ0v) is 9.09. The summed E-state index contributed by atoms with van der Waals surface area (Å²) >= 11 is 0. The van der Waals surface area contributed by atoms with Crippen molar-refractivity contribution < 1.29 is 8.42 Å². The number of nitrogens with one attached hydrogen (secondary N) is 2. The van der Waals surface area contributed by atoms with E-state index in [4.69, 9.17) is 11.5 Å². The number of sulfone groups is 1. The molecule has 0 bridgehead atoms. The predicted octanol–water partition coefficient (Wildman–Crippen LogP) is -1.41. The second-order valence-electron chi connectivity index (χ2n) is 2.80. The van der Waals surface area contributed by atoms with Crippen LogP contribution in [0.3, 0.4) is 0 Å². The van der Waals surface area contributed by atoms with Gasteiger partial charge in [-0.2, -0.15) is 9.97 Å². The summed E-state index contributed by atoms with van der Waals surface area (Å²) in [4.78, 5) is 7.29. The van der Waals surface area contributed by atoms with Gasteiger partial charge in [-0.25, -0.2) is 13.8 Å². The highest BCUT2D eigenvalue weighted by atomic mass is 32.2. The highest BCUT2D eigenvalue weighted by molar-refractivity contribution is 7.90. The molecule has 8 nitrogen and oxygen atoms in total. The molecule has 0 aliphatic rings. The molecule has 0 fully saturated rings. The highest BCUT2D eigenvalue weighted by Crippen LogP contribution is 2.21. The van der Waals surface area contributed by atoms with E-state index in [9.17, 15) is 8.42 Å². The topological polar surface area (TPSA) is 136 Å². The molecule has 9 heteroatoms. The van der Waals surface area contributed by atoms with E-state index in [2.05, 4.69) is 20.8 Å². The maximum absolute atomic E-state index is 11.2. The maximum atomic E-state index is 11.2. The van der Waals surface area contributed by atoms with Crippen LogP contribution < -0.4 is 22.3 Å². The van der Waals surface area contributed by atoms with Crippen LogP contribution in [0.25, 0.3) is 0 Å². The molecule has 0 amide bonds. The van der Waals surface area contributed by atoms with Gasteiger partial charge in [0.2, 0.25) is 9.84 Å². The number of hydrogen-bond acceptors (Lipinski definition) is 8. The standard InChI is InChI=1S/C6H12N6O2S/c1-9-12-5-3(7)4(8)10-6(11-5)15(2,13)14/h9H,7H2,1-2H3,(H3,8,10,11,12). The predicted molar refractivity (Wildman–Crippen MR) is 56.6 cm³/mol. The molecule has 0 aromatic carbocycles. The molecule has 0 radical (unpaired) electrons. The molecule has 0 saturated carbocycles. The number of aromatic nitrogens is 2. The minimum atomic E-state index is -3.51. The normalized spacial score (nSPS) is 11.3. The van der Waals surface area contributed by atoms with Crippen LogP contribution in [0.1, 0.15) is 0 Å². The highest BCUT2D eigenvalue weighted by Gasteiger charge is 2.16. The Labute approximate surface area is 87.0 Å². The first-order valence-corrected chi connectivity index (χ1v) is 5.81. The van der Waals surface area contributed by atoms with Crippen molar-refractivity contribution >= 4 is 27.2 Å². The second kappa shape index (κ2) is 3.87. The van der Waals surface area contributed by atoms with E-state index in [1.54, 1.807) is 7.05 Å². The van der Waals surface area contributed by atoms with Crippen LogP contribution in [0.4, 0.5) is 17.3 Å². The van der Waals surface area contributed by atoms with Gasteiger partial charge in [-0.05, 0) is 0 Å². The van der Waals surface area contributed by atoms with Gasteiger partial charge in [0.05, 0.1) is 0 Å². The Bertz CT molecular complexity index is 471. The van der Waals surface area contributed by atoms with E-state index < -0.39 is 9.84 Å². The van der Waals surface area contributed by atoms with Crippen LogP contribution >= 0.6 is 0 Å². The zero-order chi connectivity index (χ0) is 11.6. The van der Waals surface area contributed by atoms with Gasteiger partial charge in [0, 0.05) is 13.3 Å². The Kier molecular flexibility index (Phi) is 2.95. The third kappa shape index (κ3) is 2.44. The fourth-order valence-electron chi connectivity index (χ4n) is 0.845. The molecule has 15 heavy (non-hydrogen) atoms. The Hall–Kier alpha value is -1.61. The molecule has 0 spiro atoms. The largest absolute Gasteiger partial charge is 0.393 e. The number of anilines is 3. The molecule has 0 atom stereocenters. The van der Waals surface area contributed by atoms with Crippen LogP contribution in [0.15, 0.2) is 5.16 Å². The van der Waals surface area contributed by atoms with E-state index >= 15 is 0 Å². The maximum Gasteiger partial charge on any atom is 0.250 e. The van der Waals surface area contributed by atoms with Crippen molar-refractivity contribution in [2.45, 2.75) is 5.16 Å². The molecular formula is C6H12N6O2S. The van der Waals surface area contributed by atoms with Gasteiger partial charge in [0.15, 0.2) is 11.6 Å². The average Bonchev–Trinajstić information content (AvgIpc) is 2.11. The first-order valence-electron chi connectivity index (χ1n) is 3.92. The van der Waals surface area contributed by atoms with Gasteiger partial charge in [0.25, 0.3) is 5.16 Å². The first-order chi connectivity index (χ1) is 6.86. The second-order valence-corrected chi connectivity index (χ2v) is 4.71. The summed E-state index contributed by atoms with van der Waals surface area (Å²) in [7, 11) is -1.93. The van der Waals surface area contributed by atoms with Crippen molar-refractivity contribution in [2.24, 2.45) is 0 Å². The van der Waals surface area contributed by atoms with E-state index in [0.717, 1.165) is 6.26 Å². The van der Waals surface area contributed by atoms with E-state index in [1.165, 1.54) is 0 Å². The van der Waals surface area contributed by atoms with Crippen molar-refractivity contribution in [3.05, 3.63) is 0 Å². The Morgan fingerprint density at radius 1 is 1.27 bits per heavy atom. The molecule has 0 aliphatic heterocycles. The summed E-state index contributed by atoms with van der Waals surface area (Å²) < 4.78 is 22.4. The van der Waals surface area contributed by atoms with Crippen molar-refractivity contribution in [2.75, 3.05) is 30.2 Å². The summed E-state index contributed by atoms with van der Waals surface area (Å²) in [5.41, 5.74) is 16.2. The summed E-state index contributed by atoms with van der Waals surface area (Å²) in [6.45, 7) is 0. The minimum absolute atomic E-state index is 0.0804. The lowest BCUT2D eigenvalue weighted by molar-refractivity contribution is 0.593. The van der Waals surface area contributed by atoms with Gasteiger partial charge >= 0.3 is 0 Å². The average molecular weight is 232 g/mol. The van der Waals surface area contributed by atoms with Crippen molar-refractivity contribution in [3.63, 3.8) is 0 Å². The lowest BCUT2D eigenvalue weighted by Gasteiger charge is -2.09. The molecule has 0 unspecified atom stereocenters. The van der Waals surface area contributed by atoms with Crippen molar-refractivity contribution in [1.82, 2.24) is 15.4 Å². The van der Waals surface area contributed by atoms with E-state index in [-0.39, 0.29) is 22.5 Å². The van der Waals surface area contributed by atoms with Gasteiger partial charge in [0.1, 0.15) is 5.69 Å². The fourth-order valence-corrected chi connectivity index (χ4v) is 1.37. The Balaban J connectivity index is 3.36. The monoisotopic (exact) mass is 232 g/mol. The minimum Gasteiger partial charge on any atom is -0.393 e. The van der Waals surface area contributed by atoms with Crippen LogP contribution in [-0.4, -0.2) is 31.7 Å². The number of hydrazine groups is 1. The number of nitrogens with zero attached hydrogens (tertiary/aromatic N) is 2. The number of hydrogen-bond donors (Lipinski definition) is 4. The molecule has 84 valence electrons. The van der Waals surface area contributed by atoms with E-state index in [1.807, 2.05) is 0 Å². The fraction of sp³-hybridized carbons (Fsp3) is 0.333. The quantitative estimate of drug-likeness (QED) is 0.368. The van der Waals surface area contributed by atoms with Gasteiger partial charge in [-0.3, -0.25) is 0 Å². The van der Waals surface area contributed by atoms with Crippen molar-refractivity contribution in [3.8, 4) is 0 Å². The molecule has 0 aliphatic carbocycles. The molecule has 6 N–H and O–H groups in total. The van der Waals surface area contributed by atoms with Gasteiger partial charge in [-0.15, -0.1) is 0 Å². The number of nitrogens with two attached hydrogens (primary N) is 2. The lowest BCUT2D eigenvalue weighted by atomic mass is 10.4. The van der Waals surface area contributed by atoms with Crippen molar-refractivity contribution in [1.29, 1.82) is 0 Å². The summed E-state index contributed by atoms with van der Waals surface area (Å²) in [6.07, 6.45) is 0.987. The first kappa shape index (κ1) is 11.5.